The number of amides is 2. The number of carbonyl (C=O) groups excluding carboxylic acids is 1. The Labute approximate surface area is 143 Å². The first-order valence-electron chi connectivity index (χ1n) is 8.25. The zero-order valence-corrected chi connectivity index (χ0v) is 15.4. The molecule has 2 aromatic rings. The minimum atomic E-state index is -0.113. The number of carbonyl (C=O) groups is 1. The van der Waals surface area contributed by atoms with Gasteiger partial charge in [-0.25, -0.2) is 4.79 Å². The summed E-state index contributed by atoms with van der Waals surface area (Å²) in [5.41, 5.74) is 2.92. The molecule has 0 radical (unpaired) electrons. The van der Waals surface area contributed by atoms with Crippen molar-refractivity contribution in [2.45, 2.75) is 52.1 Å². The van der Waals surface area contributed by atoms with Gasteiger partial charge in [0.15, 0.2) is 0 Å². The number of aromatic amines is 1. The van der Waals surface area contributed by atoms with Crippen LogP contribution in [0.25, 0.3) is 0 Å². The normalized spacial score (nSPS) is 12.9. The van der Waals surface area contributed by atoms with Crippen molar-refractivity contribution in [3.05, 3.63) is 35.4 Å². The number of nitrogens with zero attached hydrogens (tertiary/aromatic N) is 4. The Morgan fingerprint density at radius 3 is 2.67 bits per heavy atom. The second-order valence-electron chi connectivity index (χ2n) is 7.24. The highest BCUT2D eigenvalue weighted by Gasteiger charge is 2.20. The van der Waals surface area contributed by atoms with Crippen molar-refractivity contribution in [3.63, 3.8) is 0 Å². The van der Waals surface area contributed by atoms with Crippen molar-refractivity contribution in [1.29, 1.82) is 0 Å². The van der Waals surface area contributed by atoms with E-state index >= 15 is 0 Å². The standard InChI is InChI=1S/C17H28N6O/c1-7-14(12-9-18-23(6)10-12)19-16(24)22(5)11-13-8-15(21-20-13)17(2,3)4/h8-10,14H,7,11H2,1-6H3,(H,19,24)(H,20,21)/t14-/m0/s1. The van der Waals surface area contributed by atoms with Crippen LogP contribution in [0.5, 0.6) is 0 Å². The Balaban J connectivity index is 1.97. The fourth-order valence-corrected chi connectivity index (χ4v) is 2.45. The van der Waals surface area contributed by atoms with E-state index in [1.165, 1.54) is 0 Å². The largest absolute Gasteiger partial charge is 0.331 e. The van der Waals surface area contributed by atoms with Gasteiger partial charge in [0.25, 0.3) is 0 Å². The number of H-pyrrole nitrogens is 1. The summed E-state index contributed by atoms with van der Waals surface area (Å²) in [4.78, 5) is 14.1. The molecule has 2 amide bonds. The van der Waals surface area contributed by atoms with Crippen LogP contribution in [0.2, 0.25) is 0 Å². The van der Waals surface area contributed by atoms with E-state index < -0.39 is 0 Å². The third-order valence-corrected chi connectivity index (χ3v) is 3.99. The van der Waals surface area contributed by atoms with Crippen molar-refractivity contribution >= 4 is 6.03 Å². The van der Waals surface area contributed by atoms with E-state index in [9.17, 15) is 4.79 Å². The van der Waals surface area contributed by atoms with Crippen LogP contribution >= 0.6 is 0 Å². The van der Waals surface area contributed by atoms with Gasteiger partial charge in [-0.15, -0.1) is 0 Å². The predicted octanol–water partition coefficient (Wildman–Crippen LogP) is 2.73. The summed E-state index contributed by atoms with van der Waals surface area (Å²) in [7, 11) is 3.65. The molecule has 0 spiro atoms. The molecule has 0 unspecified atom stereocenters. The second kappa shape index (κ2) is 7.07. The van der Waals surface area contributed by atoms with Gasteiger partial charge >= 0.3 is 6.03 Å². The fourth-order valence-electron chi connectivity index (χ4n) is 2.45. The minimum absolute atomic E-state index is 0.0107. The first kappa shape index (κ1) is 18.0. The van der Waals surface area contributed by atoms with E-state index in [0.29, 0.717) is 6.54 Å². The van der Waals surface area contributed by atoms with Crippen LogP contribution in [0.15, 0.2) is 18.5 Å². The summed E-state index contributed by atoms with van der Waals surface area (Å²) >= 11 is 0. The number of urea groups is 1. The lowest BCUT2D eigenvalue weighted by molar-refractivity contribution is 0.201. The number of hydrogen-bond donors (Lipinski definition) is 2. The lowest BCUT2D eigenvalue weighted by Gasteiger charge is -2.22. The van der Waals surface area contributed by atoms with Gasteiger partial charge in [-0.1, -0.05) is 27.7 Å². The maximum absolute atomic E-state index is 12.5. The van der Waals surface area contributed by atoms with E-state index in [4.69, 9.17) is 0 Å². The monoisotopic (exact) mass is 332 g/mol. The fraction of sp³-hybridized carbons (Fsp3) is 0.588. The van der Waals surface area contributed by atoms with E-state index in [1.54, 1.807) is 22.8 Å². The topological polar surface area (TPSA) is 78.8 Å². The molecule has 24 heavy (non-hydrogen) atoms. The van der Waals surface area contributed by atoms with Crippen LogP contribution in [-0.4, -0.2) is 38.0 Å². The molecule has 0 aromatic carbocycles. The van der Waals surface area contributed by atoms with Crippen molar-refractivity contribution in [2.75, 3.05) is 7.05 Å². The van der Waals surface area contributed by atoms with E-state index in [2.05, 4.69) is 41.4 Å². The highest BCUT2D eigenvalue weighted by Crippen LogP contribution is 2.21. The lowest BCUT2D eigenvalue weighted by Crippen LogP contribution is -2.38. The van der Waals surface area contributed by atoms with Gasteiger partial charge in [0.2, 0.25) is 0 Å². The maximum atomic E-state index is 12.5. The Hall–Kier alpha value is -2.31. The van der Waals surface area contributed by atoms with Crippen LogP contribution in [0.1, 0.15) is 57.1 Å². The average Bonchev–Trinajstić information content (AvgIpc) is 3.13. The maximum Gasteiger partial charge on any atom is 0.317 e. The number of aryl methyl sites for hydroxylation is 1. The molecule has 2 aromatic heterocycles. The molecule has 2 rings (SSSR count). The van der Waals surface area contributed by atoms with Crippen molar-refractivity contribution in [3.8, 4) is 0 Å². The highest BCUT2D eigenvalue weighted by atomic mass is 16.2. The molecule has 0 fully saturated rings. The van der Waals surface area contributed by atoms with Gasteiger partial charge in [-0.3, -0.25) is 9.78 Å². The van der Waals surface area contributed by atoms with Crippen molar-refractivity contribution < 1.29 is 4.79 Å². The molecule has 7 heteroatoms. The van der Waals surface area contributed by atoms with Gasteiger partial charge in [0, 0.05) is 31.3 Å². The molecule has 0 bridgehead atoms. The predicted molar refractivity (Wildman–Crippen MR) is 93.5 cm³/mol. The Morgan fingerprint density at radius 2 is 2.17 bits per heavy atom. The average molecular weight is 332 g/mol. The van der Waals surface area contributed by atoms with Crippen LogP contribution in [-0.2, 0) is 19.0 Å². The molecule has 0 saturated carbocycles. The summed E-state index contributed by atoms with van der Waals surface area (Å²) in [5, 5.41) is 14.6. The van der Waals surface area contributed by atoms with Crippen molar-refractivity contribution in [1.82, 2.24) is 30.2 Å². The number of hydrogen-bond acceptors (Lipinski definition) is 3. The van der Waals surface area contributed by atoms with E-state index in [-0.39, 0.29) is 17.5 Å². The van der Waals surface area contributed by atoms with Gasteiger partial charge in [0.1, 0.15) is 0 Å². The van der Waals surface area contributed by atoms with Crippen LogP contribution in [0.4, 0.5) is 4.79 Å². The number of aromatic nitrogens is 4. The molecule has 2 N–H and O–H groups in total. The first-order chi connectivity index (χ1) is 11.2. The van der Waals surface area contributed by atoms with Gasteiger partial charge in [-0.2, -0.15) is 10.2 Å². The minimum Gasteiger partial charge on any atom is -0.331 e. The Kier molecular flexibility index (Phi) is 5.31. The third-order valence-electron chi connectivity index (χ3n) is 3.99. The molecule has 0 saturated heterocycles. The SMILES string of the molecule is CC[C@H](NC(=O)N(C)Cc1cc(C(C)(C)C)n[nH]1)c1cnn(C)c1. The smallest absolute Gasteiger partial charge is 0.317 e. The molecule has 2 heterocycles. The zero-order valence-electron chi connectivity index (χ0n) is 15.4. The Morgan fingerprint density at radius 1 is 1.46 bits per heavy atom. The van der Waals surface area contributed by atoms with Crippen LogP contribution in [0.3, 0.4) is 0 Å². The summed E-state index contributed by atoms with van der Waals surface area (Å²) < 4.78 is 1.74. The molecular weight excluding hydrogens is 304 g/mol. The summed E-state index contributed by atoms with van der Waals surface area (Å²) in [5.74, 6) is 0. The number of nitrogens with one attached hydrogen (secondary N) is 2. The summed E-state index contributed by atoms with van der Waals surface area (Å²) in [6, 6.07) is 1.86. The first-order valence-corrected chi connectivity index (χ1v) is 8.25. The molecular formula is C17H28N6O. The number of rotatable bonds is 5. The lowest BCUT2D eigenvalue weighted by atomic mass is 9.92. The molecule has 0 aliphatic rings. The van der Waals surface area contributed by atoms with E-state index in [1.807, 2.05) is 26.2 Å². The second-order valence-corrected chi connectivity index (χ2v) is 7.24. The van der Waals surface area contributed by atoms with Gasteiger partial charge in [0.05, 0.1) is 30.2 Å². The van der Waals surface area contributed by atoms with Gasteiger partial charge in [-0.05, 0) is 12.5 Å². The van der Waals surface area contributed by atoms with Gasteiger partial charge < -0.3 is 10.2 Å². The van der Waals surface area contributed by atoms with Crippen LogP contribution in [0, 0.1) is 0 Å². The summed E-state index contributed by atoms with van der Waals surface area (Å²) in [6.07, 6.45) is 4.53. The van der Waals surface area contributed by atoms with E-state index in [0.717, 1.165) is 23.4 Å². The molecule has 0 aliphatic heterocycles. The Bertz CT molecular complexity index is 681. The van der Waals surface area contributed by atoms with Crippen molar-refractivity contribution in [2.24, 2.45) is 7.05 Å². The zero-order chi connectivity index (χ0) is 17.9. The third kappa shape index (κ3) is 4.37. The summed E-state index contributed by atoms with van der Waals surface area (Å²) in [6.45, 7) is 8.87. The molecule has 132 valence electrons. The van der Waals surface area contributed by atoms with Crippen LogP contribution < -0.4 is 5.32 Å². The molecule has 0 aliphatic carbocycles. The molecule has 1 atom stereocenters. The highest BCUT2D eigenvalue weighted by molar-refractivity contribution is 5.74. The quantitative estimate of drug-likeness (QED) is 0.883. The molecule has 7 nitrogen and oxygen atoms in total.